The predicted molar refractivity (Wildman–Crippen MR) is 73.9 cm³/mol. The van der Waals surface area contributed by atoms with Gasteiger partial charge in [0.1, 0.15) is 16.5 Å². The van der Waals surface area contributed by atoms with Gasteiger partial charge in [0.15, 0.2) is 0 Å². The van der Waals surface area contributed by atoms with Gasteiger partial charge in [-0.25, -0.2) is 0 Å². The molecule has 0 aromatic heterocycles. The molecule has 3 nitrogen and oxygen atoms in total. The zero-order chi connectivity index (χ0) is 12.7. The topological polar surface area (TPSA) is 44.5 Å². The molecule has 0 unspecified atom stereocenters. The number of nitrogens with two attached hydrogens (primary N) is 1. The maximum absolute atomic E-state index is 5.70. The molecule has 1 aromatic rings. The summed E-state index contributed by atoms with van der Waals surface area (Å²) < 4.78 is 10.8. The fraction of sp³-hybridized carbons (Fsp3) is 0.462. The average Bonchev–Trinajstić information content (AvgIpc) is 2.34. The monoisotopic (exact) mass is 253 g/mol. The van der Waals surface area contributed by atoms with E-state index in [1.165, 1.54) is 6.42 Å². The number of unbranched alkanes of at least 4 members (excludes halogenated alkanes) is 2. The lowest BCUT2D eigenvalue weighted by molar-refractivity contribution is 0.303. The molecule has 2 N–H and O–H groups in total. The van der Waals surface area contributed by atoms with Gasteiger partial charge in [-0.1, -0.05) is 32.0 Å². The van der Waals surface area contributed by atoms with Crippen molar-refractivity contribution in [2.24, 2.45) is 5.73 Å². The number of benzene rings is 1. The van der Waals surface area contributed by atoms with Crippen LogP contribution in [0, 0.1) is 0 Å². The van der Waals surface area contributed by atoms with Crippen molar-refractivity contribution in [1.29, 1.82) is 0 Å². The third-order valence-corrected chi connectivity index (χ3v) is 2.68. The largest absolute Gasteiger partial charge is 0.497 e. The molecule has 0 aliphatic heterocycles. The third kappa shape index (κ3) is 4.23. The zero-order valence-electron chi connectivity index (χ0n) is 10.4. The highest BCUT2D eigenvalue weighted by atomic mass is 32.1. The molecular weight excluding hydrogens is 234 g/mol. The Kier molecular flexibility index (Phi) is 5.77. The molecule has 0 radical (unpaired) electrons. The van der Waals surface area contributed by atoms with Gasteiger partial charge >= 0.3 is 0 Å². The Balaban J connectivity index is 2.75. The van der Waals surface area contributed by atoms with Crippen LogP contribution < -0.4 is 15.2 Å². The normalized spacial score (nSPS) is 10.0. The van der Waals surface area contributed by atoms with Gasteiger partial charge in [0.2, 0.25) is 0 Å². The van der Waals surface area contributed by atoms with E-state index in [0.29, 0.717) is 17.3 Å². The summed E-state index contributed by atoms with van der Waals surface area (Å²) in [4.78, 5) is 0.346. The molecule has 0 aliphatic rings. The maximum atomic E-state index is 5.70. The molecule has 0 heterocycles. The smallest absolute Gasteiger partial charge is 0.133 e. The van der Waals surface area contributed by atoms with Gasteiger partial charge in [0.05, 0.1) is 19.3 Å². The van der Waals surface area contributed by atoms with Crippen LogP contribution in [0.3, 0.4) is 0 Å². The van der Waals surface area contributed by atoms with E-state index in [1.807, 2.05) is 18.2 Å². The fourth-order valence-corrected chi connectivity index (χ4v) is 1.66. The van der Waals surface area contributed by atoms with Crippen molar-refractivity contribution < 1.29 is 9.47 Å². The van der Waals surface area contributed by atoms with E-state index >= 15 is 0 Å². The highest BCUT2D eigenvalue weighted by Gasteiger charge is 2.08. The Labute approximate surface area is 108 Å². The molecule has 0 amide bonds. The third-order valence-electron chi connectivity index (χ3n) is 2.46. The van der Waals surface area contributed by atoms with Crippen LogP contribution in [-0.2, 0) is 0 Å². The van der Waals surface area contributed by atoms with E-state index in [1.54, 1.807) is 7.11 Å². The molecule has 0 bridgehead atoms. The average molecular weight is 253 g/mol. The predicted octanol–water partition coefficient (Wildman–Crippen LogP) is 2.90. The van der Waals surface area contributed by atoms with Gasteiger partial charge in [0.25, 0.3) is 0 Å². The summed E-state index contributed by atoms with van der Waals surface area (Å²) in [5, 5.41) is 0. The van der Waals surface area contributed by atoms with Crippen LogP contribution in [0.1, 0.15) is 31.7 Å². The summed E-state index contributed by atoms with van der Waals surface area (Å²) in [5.74, 6) is 1.45. The first-order valence-electron chi connectivity index (χ1n) is 5.79. The molecule has 94 valence electrons. The molecule has 1 aromatic carbocycles. The summed E-state index contributed by atoms with van der Waals surface area (Å²) in [6, 6.07) is 5.48. The molecule has 0 aliphatic carbocycles. The lowest BCUT2D eigenvalue weighted by atomic mass is 10.2. The van der Waals surface area contributed by atoms with E-state index < -0.39 is 0 Å². The van der Waals surface area contributed by atoms with E-state index in [-0.39, 0.29) is 0 Å². The SMILES string of the molecule is CCCCCOc1cc(OC)ccc1C(N)=S. The molecule has 0 atom stereocenters. The van der Waals surface area contributed by atoms with Crippen LogP contribution in [0.4, 0.5) is 0 Å². The second-order valence-corrected chi connectivity index (χ2v) is 4.22. The first-order chi connectivity index (χ1) is 8.19. The number of thiocarbonyl (C=S) groups is 1. The van der Waals surface area contributed by atoms with Crippen molar-refractivity contribution in [2.45, 2.75) is 26.2 Å². The lowest BCUT2D eigenvalue weighted by Gasteiger charge is -2.12. The van der Waals surface area contributed by atoms with Crippen LogP contribution >= 0.6 is 12.2 Å². The molecule has 0 fully saturated rings. The second-order valence-electron chi connectivity index (χ2n) is 3.78. The molecule has 0 saturated heterocycles. The van der Waals surface area contributed by atoms with Gasteiger partial charge in [-0.2, -0.15) is 0 Å². The van der Waals surface area contributed by atoms with Crippen molar-refractivity contribution in [2.75, 3.05) is 13.7 Å². The van der Waals surface area contributed by atoms with Crippen molar-refractivity contribution in [3.05, 3.63) is 23.8 Å². The zero-order valence-corrected chi connectivity index (χ0v) is 11.2. The number of methoxy groups -OCH3 is 1. The Morgan fingerprint density at radius 1 is 1.35 bits per heavy atom. The Morgan fingerprint density at radius 2 is 2.12 bits per heavy atom. The maximum Gasteiger partial charge on any atom is 0.133 e. The summed E-state index contributed by atoms with van der Waals surface area (Å²) in [7, 11) is 1.62. The minimum atomic E-state index is 0.346. The highest BCUT2D eigenvalue weighted by molar-refractivity contribution is 7.80. The number of hydrogen-bond acceptors (Lipinski definition) is 3. The fourth-order valence-electron chi connectivity index (χ4n) is 1.49. The number of ether oxygens (including phenoxy) is 2. The quantitative estimate of drug-likeness (QED) is 0.599. The van der Waals surface area contributed by atoms with Crippen molar-refractivity contribution >= 4 is 17.2 Å². The van der Waals surface area contributed by atoms with Gasteiger partial charge in [0, 0.05) is 6.07 Å². The van der Waals surface area contributed by atoms with Gasteiger partial charge in [-0.05, 0) is 18.6 Å². The van der Waals surface area contributed by atoms with E-state index in [2.05, 4.69) is 6.92 Å². The summed E-state index contributed by atoms with van der Waals surface area (Å²) in [6.07, 6.45) is 3.36. The first kappa shape index (κ1) is 13.8. The van der Waals surface area contributed by atoms with Crippen LogP contribution in [0.25, 0.3) is 0 Å². The van der Waals surface area contributed by atoms with Crippen LogP contribution in [0.5, 0.6) is 11.5 Å². The summed E-state index contributed by atoms with van der Waals surface area (Å²) >= 11 is 4.99. The summed E-state index contributed by atoms with van der Waals surface area (Å²) in [5.41, 5.74) is 6.41. The molecule has 4 heteroatoms. The molecule has 0 saturated carbocycles. The lowest BCUT2D eigenvalue weighted by Crippen LogP contribution is -2.12. The van der Waals surface area contributed by atoms with Crippen LogP contribution in [0.15, 0.2) is 18.2 Å². The van der Waals surface area contributed by atoms with Crippen molar-refractivity contribution in [3.8, 4) is 11.5 Å². The van der Waals surface area contributed by atoms with Crippen molar-refractivity contribution in [1.82, 2.24) is 0 Å². The van der Waals surface area contributed by atoms with E-state index in [9.17, 15) is 0 Å². The molecular formula is C13H19NO2S. The van der Waals surface area contributed by atoms with Gasteiger partial charge in [-0.3, -0.25) is 0 Å². The summed E-state index contributed by atoms with van der Waals surface area (Å²) in [6.45, 7) is 2.84. The second kappa shape index (κ2) is 7.12. The Bertz CT molecular complexity index is 380. The van der Waals surface area contributed by atoms with Crippen LogP contribution in [-0.4, -0.2) is 18.7 Å². The number of rotatable bonds is 7. The standard InChI is InChI=1S/C13H19NO2S/c1-3-4-5-8-16-12-9-10(15-2)6-7-11(12)13(14)17/h6-7,9H,3-5,8H2,1-2H3,(H2,14,17). The van der Waals surface area contributed by atoms with Crippen LogP contribution in [0.2, 0.25) is 0 Å². The molecule has 17 heavy (non-hydrogen) atoms. The van der Waals surface area contributed by atoms with Gasteiger partial charge in [-0.15, -0.1) is 0 Å². The minimum absolute atomic E-state index is 0.346. The minimum Gasteiger partial charge on any atom is -0.497 e. The Hall–Kier alpha value is -1.29. The van der Waals surface area contributed by atoms with Crippen molar-refractivity contribution in [3.63, 3.8) is 0 Å². The first-order valence-corrected chi connectivity index (χ1v) is 6.20. The highest BCUT2D eigenvalue weighted by Crippen LogP contribution is 2.25. The number of hydrogen-bond donors (Lipinski definition) is 1. The van der Waals surface area contributed by atoms with E-state index in [4.69, 9.17) is 27.4 Å². The van der Waals surface area contributed by atoms with Gasteiger partial charge < -0.3 is 15.2 Å². The Morgan fingerprint density at radius 3 is 2.71 bits per heavy atom. The molecule has 0 spiro atoms. The van der Waals surface area contributed by atoms with E-state index in [0.717, 1.165) is 24.2 Å². The molecule has 1 rings (SSSR count).